The molecule has 1 N–H and O–H groups in total. The van der Waals surface area contributed by atoms with Crippen molar-refractivity contribution in [1.29, 1.82) is 0 Å². The normalized spacial score (nSPS) is 13.1. The molecule has 1 aliphatic rings. The van der Waals surface area contributed by atoms with E-state index in [1.807, 2.05) is 61.5 Å². The summed E-state index contributed by atoms with van der Waals surface area (Å²) in [5, 5.41) is 4.89. The maximum absolute atomic E-state index is 14.2. The van der Waals surface area contributed by atoms with Crippen LogP contribution in [0.3, 0.4) is 0 Å². The fraction of sp³-hybridized carbons (Fsp3) is 0.111. The lowest BCUT2D eigenvalue weighted by atomic mass is 10.0. The lowest BCUT2D eigenvalue weighted by molar-refractivity contribution is -0.0968. The van der Waals surface area contributed by atoms with Gasteiger partial charge in [-0.3, -0.25) is 24.2 Å². The van der Waals surface area contributed by atoms with Gasteiger partial charge in [-0.05, 0) is 66.4 Å². The van der Waals surface area contributed by atoms with Gasteiger partial charge in [0.1, 0.15) is 5.75 Å². The van der Waals surface area contributed by atoms with Gasteiger partial charge in [-0.2, -0.15) is 0 Å². The van der Waals surface area contributed by atoms with Crippen molar-refractivity contribution >= 4 is 46.3 Å². The molecule has 45 heavy (non-hydrogen) atoms. The molecule has 0 spiro atoms. The molecular formula is C36H28ClN3O5. The van der Waals surface area contributed by atoms with Crippen molar-refractivity contribution in [2.45, 2.75) is 19.4 Å². The third-order valence-electron chi connectivity index (χ3n) is 7.46. The van der Waals surface area contributed by atoms with Crippen LogP contribution < -0.4 is 10.1 Å². The minimum Gasteiger partial charge on any atom is -0.455 e. The van der Waals surface area contributed by atoms with Gasteiger partial charge in [0.05, 0.1) is 41.1 Å². The van der Waals surface area contributed by atoms with E-state index in [2.05, 4.69) is 16.9 Å². The van der Waals surface area contributed by atoms with Gasteiger partial charge in [0, 0.05) is 10.4 Å². The molecule has 224 valence electrons. The van der Waals surface area contributed by atoms with Crippen molar-refractivity contribution in [2.75, 3.05) is 6.61 Å². The number of aryl methyl sites for hydroxylation is 1. The van der Waals surface area contributed by atoms with E-state index < -0.39 is 23.8 Å². The molecule has 2 heterocycles. The van der Waals surface area contributed by atoms with Crippen molar-refractivity contribution in [1.82, 2.24) is 15.4 Å². The summed E-state index contributed by atoms with van der Waals surface area (Å²) < 4.78 is 6.20. The van der Waals surface area contributed by atoms with E-state index in [0.717, 1.165) is 21.8 Å². The van der Waals surface area contributed by atoms with Crippen LogP contribution in [0.15, 0.2) is 104 Å². The number of pyridine rings is 1. The number of nitrogens with one attached hydrogen (secondary N) is 1. The number of imide groups is 1. The topological polar surface area (TPSA) is 97.8 Å². The summed E-state index contributed by atoms with van der Waals surface area (Å²) in [5.41, 5.74) is 3.99. The largest absolute Gasteiger partial charge is 0.455 e. The van der Waals surface area contributed by atoms with E-state index in [-0.39, 0.29) is 35.5 Å². The third kappa shape index (κ3) is 6.20. The molecule has 0 unspecified atom stereocenters. The first-order chi connectivity index (χ1) is 21.8. The van der Waals surface area contributed by atoms with Crippen molar-refractivity contribution in [2.24, 2.45) is 0 Å². The zero-order valence-electron chi connectivity index (χ0n) is 24.3. The van der Waals surface area contributed by atoms with Crippen molar-refractivity contribution in [3.8, 4) is 11.5 Å². The fourth-order valence-electron chi connectivity index (χ4n) is 5.21. The molecule has 0 bridgehead atoms. The highest BCUT2D eigenvalue weighted by Gasteiger charge is 2.37. The first-order valence-electron chi connectivity index (χ1n) is 14.3. The Morgan fingerprint density at radius 3 is 2.44 bits per heavy atom. The molecule has 8 nitrogen and oxygen atoms in total. The molecule has 3 amide bonds. The SMILES string of the molecule is C=Cc1cccc(Oc2cnc3ccccc3c2C(=O)N[C@@H](CON2C(=O)c3ccccc3C2=O)Cc2ccc(C)cc2Cl)c1. The second-order valence-electron chi connectivity index (χ2n) is 10.6. The van der Waals surface area contributed by atoms with Gasteiger partial charge >= 0.3 is 0 Å². The lowest BCUT2D eigenvalue weighted by Gasteiger charge is -2.23. The maximum Gasteiger partial charge on any atom is 0.285 e. The number of benzene rings is 4. The monoisotopic (exact) mass is 617 g/mol. The Bertz CT molecular complexity index is 1940. The highest BCUT2D eigenvalue weighted by Crippen LogP contribution is 2.31. The Kier molecular flexibility index (Phi) is 8.42. The zero-order valence-corrected chi connectivity index (χ0v) is 25.1. The second-order valence-corrected chi connectivity index (χ2v) is 11.0. The van der Waals surface area contributed by atoms with Crippen molar-refractivity contribution in [3.05, 3.63) is 142 Å². The van der Waals surface area contributed by atoms with E-state index in [9.17, 15) is 14.4 Å². The summed E-state index contributed by atoms with van der Waals surface area (Å²) in [4.78, 5) is 50.4. The number of rotatable bonds is 10. The van der Waals surface area contributed by atoms with Gasteiger partial charge in [0.25, 0.3) is 17.7 Å². The summed E-state index contributed by atoms with van der Waals surface area (Å²) >= 11 is 6.57. The van der Waals surface area contributed by atoms with Gasteiger partial charge in [-0.25, -0.2) is 0 Å². The van der Waals surface area contributed by atoms with Crippen LogP contribution >= 0.6 is 11.6 Å². The minimum atomic E-state index is -0.703. The lowest BCUT2D eigenvalue weighted by Crippen LogP contribution is -2.43. The molecule has 5 aromatic rings. The number of halogens is 1. The summed E-state index contributed by atoms with van der Waals surface area (Å²) in [5.74, 6) is -0.822. The summed E-state index contributed by atoms with van der Waals surface area (Å²) in [6, 6.07) is 26.0. The quantitative estimate of drug-likeness (QED) is 0.166. The van der Waals surface area contributed by atoms with Crippen LogP contribution in [-0.4, -0.2) is 40.4 Å². The molecule has 1 aliphatic heterocycles. The standard InChI is InChI=1S/C36H28ClN3O5/c1-3-23-9-8-10-26(18-23)45-32-20-38-31-14-7-6-13-29(31)33(32)34(41)39-25(19-24-16-15-22(2)17-30(24)37)21-44-40-35(42)27-11-4-5-12-28(27)36(40)43/h3-18,20,25H,1,19,21H2,2H3,(H,39,41)/t25-/m1/s1. The molecule has 0 saturated heterocycles. The predicted molar refractivity (Wildman–Crippen MR) is 172 cm³/mol. The summed E-state index contributed by atoms with van der Waals surface area (Å²) in [6.45, 7) is 5.55. The van der Waals surface area contributed by atoms with Crippen LogP contribution in [0.25, 0.3) is 17.0 Å². The van der Waals surface area contributed by atoms with Gasteiger partial charge in [-0.15, -0.1) is 5.06 Å². The molecule has 0 radical (unpaired) electrons. The molecule has 0 fully saturated rings. The Hall–Kier alpha value is -5.31. The minimum absolute atomic E-state index is 0.192. The Labute approximate surface area is 264 Å². The van der Waals surface area contributed by atoms with Crippen LogP contribution in [-0.2, 0) is 11.3 Å². The number of hydroxylamine groups is 2. The number of ether oxygens (including phenoxy) is 1. The molecule has 0 aliphatic carbocycles. The first-order valence-corrected chi connectivity index (χ1v) is 14.6. The van der Waals surface area contributed by atoms with Gasteiger partial charge < -0.3 is 10.1 Å². The van der Waals surface area contributed by atoms with E-state index in [0.29, 0.717) is 21.7 Å². The molecule has 4 aromatic carbocycles. The Morgan fingerprint density at radius 2 is 1.71 bits per heavy atom. The highest BCUT2D eigenvalue weighted by atomic mass is 35.5. The number of amides is 3. The zero-order chi connectivity index (χ0) is 31.5. The van der Waals surface area contributed by atoms with Crippen molar-refractivity contribution < 1.29 is 24.0 Å². The first kappa shape index (κ1) is 29.7. The van der Waals surface area contributed by atoms with Crippen LogP contribution in [0.5, 0.6) is 11.5 Å². The second kappa shape index (κ2) is 12.7. The Morgan fingerprint density at radius 1 is 0.978 bits per heavy atom. The van der Waals surface area contributed by atoms with E-state index in [1.54, 1.807) is 42.5 Å². The number of aromatic nitrogens is 1. The van der Waals surface area contributed by atoms with Crippen LogP contribution in [0.4, 0.5) is 0 Å². The summed E-state index contributed by atoms with van der Waals surface area (Å²) in [6.07, 6.45) is 3.47. The molecular weight excluding hydrogens is 590 g/mol. The van der Waals surface area contributed by atoms with Crippen LogP contribution in [0.2, 0.25) is 5.02 Å². The number of hydrogen-bond acceptors (Lipinski definition) is 6. The van der Waals surface area contributed by atoms with Gasteiger partial charge in [0.15, 0.2) is 5.75 Å². The predicted octanol–water partition coefficient (Wildman–Crippen LogP) is 7.20. The molecule has 1 aromatic heterocycles. The Balaban J connectivity index is 1.32. The number of carbonyl (C=O) groups excluding carboxylic acids is 3. The van der Waals surface area contributed by atoms with E-state index >= 15 is 0 Å². The van der Waals surface area contributed by atoms with Crippen LogP contribution in [0.1, 0.15) is 47.8 Å². The molecule has 9 heteroatoms. The van der Waals surface area contributed by atoms with Gasteiger partial charge in [0.2, 0.25) is 0 Å². The highest BCUT2D eigenvalue weighted by molar-refractivity contribution is 6.31. The fourth-order valence-corrected chi connectivity index (χ4v) is 5.52. The molecule has 0 saturated carbocycles. The molecule has 6 rings (SSSR count). The third-order valence-corrected chi connectivity index (χ3v) is 7.81. The van der Waals surface area contributed by atoms with E-state index in [1.165, 1.54) is 6.20 Å². The molecule has 1 atom stereocenters. The number of fused-ring (bicyclic) bond motifs is 2. The average Bonchev–Trinajstić information content (AvgIpc) is 3.29. The number of nitrogens with zero attached hydrogens (tertiary/aromatic N) is 2. The van der Waals surface area contributed by atoms with Crippen LogP contribution in [0, 0.1) is 6.92 Å². The van der Waals surface area contributed by atoms with Crippen molar-refractivity contribution in [3.63, 3.8) is 0 Å². The number of para-hydroxylation sites is 1. The number of carbonyl (C=O) groups is 3. The van der Waals surface area contributed by atoms with Gasteiger partial charge in [-0.1, -0.05) is 78.9 Å². The summed E-state index contributed by atoms with van der Waals surface area (Å²) in [7, 11) is 0. The van der Waals surface area contributed by atoms with E-state index in [4.69, 9.17) is 21.2 Å². The average molecular weight is 618 g/mol. The maximum atomic E-state index is 14.2. The smallest absolute Gasteiger partial charge is 0.285 e. The number of hydrogen-bond donors (Lipinski definition) is 1.